The first-order valence-corrected chi connectivity index (χ1v) is 6.70. The van der Waals surface area contributed by atoms with Gasteiger partial charge in [-0.3, -0.25) is 9.59 Å². The molecule has 2 heterocycles. The molecule has 0 saturated carbocycles. The molecular weight excluding hydrogens is 323 g/mol. The van der Waals surface area contributed by atoms with Gasteiger partial charge in [0.2, 0.25) is 5.91 Å². The molecule has 0 radical (unpaired) electrons. The third-order valence-electron chi connectivity index (χ3n) is 2.77. The molecule has 2 N–H and O–H groups in total. The van der Waals surface area contributed by atoms with Gasteiger partial charge in [0.1, 0.15) is 5.69 Å². The average molecular weight is 341 g/mol. The van der Waals surface area contributed by atoms with E-state index in [1.54, 1.807) is 5.38 Å². The van der Waals surface area contributed by atoms with Gasteiger partial charge in [-0.25, -0.2) is 4.98 Å². The second kappa shape index (κ2) is 8.41. The first-order valence-electron chi connectivity index (χ1n) is 5.82. The smallest absolute Gasteiger partial charge is 0.273 e. The van der Waals surface area contributed by atoms with Crippen LogP contribution in [0.25, 0.3) is 0 Å². The van der Waals surface area contributed by atoms with Crippen molar-refractivity contribution in [2.24, 2.45) is 0 Å². The molecule has 1 fully saturated rings. The Balaban J connectivity index is 0.00000180. The minimum atomic E-state index is -0.182. The summed E-state index contributed by atoms with van der Waals surface area (Å²) in [6.07, 6.45) is 0. The summed E-state index contributed by atoms with van der Waals surface area (Å²) in [5.41, 5.74) is 0.400. The predicted octanol–water partition coefficient (Wildman–Crippen LogP) is 1.38. The number of aromatic nitrogens is 1. The van der Waals surface area contributed by atoms with Gasteiger partial charge in [-0.2, -0.15) is 0 Å². The molecule has 9 heteroatoms. The number of halogens is 2. The molecule has 1 saturated heterocycles. The SMILES string of the molecule is CC(=O)Nc1nc(C(=O)N2CCNC[C@@H]2C)cs1.Cl.Cl. The van der Waals surface area contributed by atoms with Crippen LogP contribution in [-0.2, 0) is 4.79 Å². The molecule has 1 aromatic rings. The van der Waals surface area contributed by atoms with Gasteiger partial charge in [0, 0.05) is 38.0 Å². The van der Waals surface area contributed by atoms with E-state index in [1.807, 2.05) is 11.8 Å². The molecule has 0 aromatic carbocycles. The zero-order valence-corrected chi connectivity index (χ0v) is 13.7. The number of nitrogens with zero attached hydrogens (tertiary/aromatic N) is 2. The number of thiazole rings is 1. The maximum atomic E-state index is 12.2. The molecule has 2 amide bonds. The highest BCUT2D eigenvalue weighted by atomic mass is 35.5. The summed E-state index contributed by atoms with van der Waals surface area (Å²) in [6.45, 7) is 5.71. The fourth-order valence-electron chi connectivity index (χ4n) is 1.87. The van der Waals surface area contributed by atoms with Gasteiger partial charge in [-0.05, 0) is 6.92 Å². The van der Waals surface area contributed by atoms with Crippen molar-refractivity contribution in [1.82, 2.24) is 15.2 Å². The van der Waals surface area contributed by atoms with Crippen LogP contribution >= 0.6 is 36.2 Å². The highest BCUT2D eigenvalue weighted by Crippen LogP contribution is 2.18. The summed E-state index contributed by atoms with van der Waals surface area (Å²) in [6, 6.07) is 0.164. The van der Waals surface area contributed by atoms with E-state index in [0.29, 0.717) is 17.4 Å². The van der Waals surface area contributed by atoms with Crippen molar-refractivity contribution < 1.29 is 9.59 Å². The van der Waals surface area contributed by atoms with Crippen LogP contribution in [-0.4, -0.2) is 47.4 Å². The molecule has 0 aliphatic carbocycles. The van der Waals surface area contributed by atoms with Crippen molar-refractivity contribution in [3.8, 4) is 0 Å². The Morgan fingerprint density at radius 1 is 1.50 bits per heavy atom. The number of hydrogen-bond donors (Lipinski definition) is 2. The summed E-state index contributed by atoms with van der Waals surface area (Å²) in [5.74, 6) is -0.254. The molecule has 0 bridgehead atoms. The predicted molar refractivity (Wildman–Crippen MR) is 84.3 cm³/mol. The number of carbonyl (C=O) groups is 2. The number of nitrogens with one attached hydrogen (secondary N) is 2. The van der Waals surface area contributed by atoms with Gasteiger partial charge in [-0.15, -0.1) is 36.2 Å². The maximum Gasteiger partial charge on any atom is 0.273 e. The van der Waals surface area contributed by atoms with E-state index in [1.165, 1.54) is 18.3 Å². The Bertz CT molecular complexity index is 469. The Morgan fingerprint density at radius 2 is 2.20 bits per heavy atom. The lowest BCUT2D eigenvalue weighted by Gasteiger charge is -2.33. The van der Waals surface area contributed by atoms with Crippen molar-refractivity contribution in [3.05, 3.63) is 11.1 Å². The number of piperazine rings is 1. The molecule has 0 unspecified atom stereocenters. The van der Waals surface area contributed by atoms with Crippen molar-refractivity contribution in [2.45, 2.75) is 19.9 Å². The Labute approximate surface area is 134 Å². The molecule has 0 spiro atoms. The Kier molecular flexibility index (Phi) is 8.03. The maximum absolute atomic E-state index is 12.2. The van der Waals surface area contributed by atoms with Crippen LogP contribution in [0, 0.1) is 0 Å². The normalized spacial score (nSPS) is 17.7. The molecule has 20 heavy (non-hydrogen) atoms. The van der Waals surface area contributed by atoms with E-state index >= 15 is 0 Å². The lowest BCUT2D eigenvalue weighted by Crippen LogP contribution is -2.52. The molecule has 1 aromatic heterocycles. The van der Waals surface area contributed by atoms with Crippen LogP contribution < -0.4 is 10.6 Å². The second-order valence-electron chi connectivity index (χ2n) is 4.27. The lowest BCUT2D eigenvalue weighted by atomic mass is 10.2. The van der Waals surface area contributed by atoms with Crippen LogP contribution in [0.15, 0.2) is 5.38 Å². The molecular formula is C11H18Cl2N4O2S. The fraction of sp³-hybridized carbons (Fsp3) is 0.545. The first-order chi connectivity index (χ1) is 8.58. The fourth-order valence-corrected chi connectivity index (χ4v) is 2.60. The largest absolute Gasteiger partial charge is 0.332 e. The molecule has 1 aliphatic heterocycles. The monoisotopic (exact) mass is 340 g/mol. The Hall–Kier alpha value is -0.890. The van der Waals surface area contributed by atoms with E-state index in [9.17, 15) is 9.59 Å². The van der Waals surface area contributed by atoms with Gasteiger partial charge < -0.3 is 15.5 Å². The summed E-state index contributed by atoms with van der Waals surface area (Å²) >= 11 is 1.27. The average Bonchev–Trinajstić information content (AvgIpc) is 2.76. The van der Waals surface area contributed by atoms with Crippen LogP contribution in [0.3, 0.4) is 0 Å². The van der Waals surface area contributed by atoms with Gasteiger partial charge in [0.15, 0.2) is 5.13 Å². The minimum absolute atomic E-state index is 0. The molecule has 1 atom stereocenters. The molecule has 6 nitrogen and oxygen atoms in total. The standard InChI is InChI=1S/C11H16N4O2S.2ClH/c1-7-5-12-3-4-15(7)10(17)9-6-18-11(14-9)13-8(2)16;;/h6-7,12H,3-5H2,1-2H3,(H,13,14,16);2*1H/t7-;;/m0../s1. The highest BCUT2D eigenvalue weighted by molar-refractivity contribution is 7.14. The summed E-state index contributed by atoms with van der Waals surface area (Å²) in [7, 11) is 0. The number of anilines is 1. The third-order valence-corrected chi connectivity index (χ3v) is 3.53. The number of rotatable bonds is 2. The zero-order chi connectivity index (χ0) is 13.1. The van der Waals surface area contributed by atoms with Crippen molar-refractivity contribution in [2.75, 3.05) is 25.0 Å². The van der Waals surface area contributed by atoms with E-state index in [-0.39, 0.29) is 42.7 Å². The van der Waals surface area contributed by atoms with Crippen LogP contribution in [0.4, 0.5) is 5.13 Å². The lowest BCUT2D eigenvalue weighted by molar-refractivity contribution is -0.114. The van der Waals surface area contributed by atoms with Gasteiger partial charge in [0.05, 0.1) is 0 Å². The van der Waals surface area contributed by atoms with E-state index in [2.05, 4.69) is 15.6 Å². The van der Waals surface area contributed by atoms with Crippen molar-refractivity contribution >= 4 is 53.1 Å². The first kappa shape index (κ1) is 19.1. The van der Waals surface area contributed by atoms with Crippen molar-refractivity contribution in [1.29, 1.82) is 0 Å². The van der Waals surface area contributed by atoms with Crippen LogP contribution in [0.2, 0.25) is 0 Å². The minimum Gasteiger partial charge on any atom is -0.332 e. The molecule has 114 valence electrons. The zero-order valence-electron chi connectivity index (χ0n) is 11.2. The number of amides is 2. The third kappa shape index (κ3) is 4.59. The number of carbonyl (C=O) groups excluding carboxylic acids is 2. The molecule has 2 rings (SSSR count). The van der Waals surface area contributed by atoms with E-state index in [0.717, 1.165) is 13.1 Å². The highest BCUT2D eigenvalue weighted by Gasteiger charge is 2.25. The Morgan fingerprint density at radius 3 is 2.80 bits per heavy atom. The topological polar surface area (TPSA) is 74.3 Å². The van der Waals surface area contributed by atoms with E-state index in [4.69, 9.17) is 0 Å². The van der Waals surface area contributed by atoms with Crippen LogP contribution in [0.5, 0.6) is 0 Å². The second-order valence-corrected chi connectivity index (χ2v) is 5.13. The quantitative estimate of drug-likeness (QED) is 0.852. The van der Waals surface area contributed by atoms with E-state index < -0.39 is 0 Å². The van der Waals surface area contributed by atoms with Crippen LogP contribution in [0.1, 0.15) is 24.3 Å². The summed E-state index contributed by atoms with van der Waals surface area (Å²) in [4.78, 5) is 29.1. The van der Waals surface area contributed by atoms with Gasteiger partial charge in [0.25, 0.3) is 5.91 Å². The summed E-state index contributed by atoms with van der Waals surface area (Å²) in [5, 5.41) is 7.96. The van der Waals surface area contributed by atoms with Crippen molar-refractivity contribution in [3.63, 3.8) is 0 Å². The van der Waals surface area contributed by atoms with Gasteiger partial charge in [-0.1, -0.05) is 0 Å². The number of hydrogen-bond acceptors (Lipinski definition) is 5. The van der Waals surface area contributed by atoms with Gasteiger partial charge >= 0.3 is 0 Å². The molecule has 1 aliphatic rings. The summed E-state index contributed by atoms with van der Waals surface area (Å²) < 4.78 is 0.